The molecule has 5 nitrogen and oxygen atoms in total. The maximum Gasteiger partial charge on any atom is 0.217 e. The van der Waals surface area contributed by atoms with Crippen LogP contribution in [0.25, 0.3) is 0 Å². The first-order chi connectivity index (χ1) is 13.3. The molecule has 0 aromatic heterocycles. The third-order valence-electron chi connectivity index (χ3n) is 3.68. The number of phenols is 1. The highest BCUT2D eigenvalue weighted by molar-refractivity contribution is 7.95. The minimum absolute atomic E-state index is 0.196. The number of hydrogen-bond donors (Lipinski definition) is 1. The predicted octanol–water partition coefficient (Wildman–Crippen LogP) is 3.86. The zero-order chi connectivity index (χ0) is 20.4. The van der Waals surface area contributed by atoms with Gasteiger partial charge >= 0.3 is 0 Å². The summed E-state index contributed by atoms with van der Waals surface area (Å²) in [4.78, 5) is 1.29. The smallest absolute Gasteiger partial charge is 0.217 e. The summed E-state index contributed by atoms with van der Waals surface area (Å²) in [6.45, 7) is -0.202. The molecule has 0 spiro atoms. The molecule has 0 saturated heterocycles. The summed E-state index contributed by atoms with van der Waals surface area (Å²) in [6, 6.07) is 26.6. The van der Waals surface area contributed by atoms with Gasteiger partial charge in [-0.1, -0.05) is 60.7 Å². The molecule has 0 aliphatic heterocycles. The Morgan fingerprint density at radius 1 is 0.857 bits per heavy atom. The molecule has 148 valence electrons. The van der Waals surface area contributed by atoms with Crippen LogP contribution in [0.3, 0.4) is 0 Å². The molecule has 1 N–H and O–H groups in total. The van der Waals surface area contributed by atoms with Crippen LogP contribution in [0, 0.1) is 0 Å². The molecule has 1 unspecified atom stereocenters. The molecule has 0 aliphatic carbocycles. The second-order valence-electron chi connectivity index (χ2n) is 5.92. The molecule has 7 heteroatoms. The Morgan fingerprint density at radius 2 is 1.36 bits per heavy atom. The fourth-order valence-electron chi connectivity index (χ4n) is 2.30. The summed E-state index contributed by atoms with van der Waals surface area (Å²) in [5, 5.41) is 9.23. The van der Waals surface area contributed by atoms with Crippen LogP contribution in [0.5, 0.6) is 5.75 Å². The summed E-state index contributed by atoms with van der Waals surface area (Å²) in [7, 11) is -4.38. The highest BCUT2D eigenvalue weighted by Gasteiger charge is 2.15. The Labute approximate surface area is 168 Å². The van der Waals surface area contributed by atoms with Gasteiger partial charge in [-0.3, -0.25) is 4.18 Å². The van der Waals surface area contributed by atoms with Crippen LogP contribution in [0.4, 0.5) is 0 Å². The Bertz CT molecular complexity index is 928. The zero-order valence-electron chi connectivity index (χ0n) is 15.4. The van der Waals surface area contributed by atoms with Crippen molar-refractivity contribution in [3.05, 3.63) is 96.1 Å². The molecule has 0 saturated carbocycles. The van der Waals surface area contributed by atoms with Gasteiger partial charge < -0.3 is 9.66 Å². The Kier molecular flexibility index (Phi) is 8.53. The monoisotopic (exact) mass is 418 g/mol. The minimum atomic E-state index is -4.57. The lowest BCUT2D eigenvalue weighted by Gasteiger charge is -2.06. The van der Waals surface area contributed by atoms with E-state index in [1.54, 1.807) is 42.5 Å². The van der Waals surface area contributed by atoms with Crippen molar-refractivity contribution in [2.24, 2.45) is 0 Å². The van der Waals surface area contributed by atoms with Crippen molar-refractivity contribution in [3.8, 4) is 5.75 Å². The van der Waals surface area contributed by atoms with E-state index < -0.39 is 10.4 Å². The summed E-state index contributed by atoms with van der Waals surface area (Å²) in [5.74, 6) is 1.39. The quantitative estimate of drug-likeness (QED) is 0.373. The lowest BCUT2D eigenvalue weighted by atomic mass is 10.2. The third kappa shape index (κ3) is 8.58. The summed E-state index contributed by atoms with van der Waals surface area (Å²) in [5.41, 5.74) is 2.01. The van der Waals surface area contributed by atoms with Crippen molar-refractivity contribution in [3.63, 3.8) is 0 Å². The van der Waals surface area contributed by atoms with Crippen LogP contribution >= 0.6 is 0 Å². The molecule has 3 rings (SSSR count). The van der Waals surface area contributed by atoms with Crippen LogP contribution in [0.15, 0.2) is 89.8 Å². The van der Waals surface area contributed by atoms with Gasteiger partial charge in [0.2, 0.25) is 10.4 Å². The van der Waals surface area contributed by atoms with Crippen LogP contribution in [-0.4, -0.2) is 24.3 Å². The first kappa shape index (κ1) is 22.0. The molecule has 0 aliphatic rings. The van der Waals surface area contributed by atoms with E-state index in [9.17, 15) is 18.1 Å². The predicted molar refractivity (Wildman–Crippen MR) is 111 cm³/mol. The van der Waals surface area contributed by atoms with Crippen LogP contribution in [0.2, 0.25) is 0 Å². The molecular weight excluding hydrogens is 396 g/mol. The normalized spacial score (nSPS) is 11.9. The fraction of sp³-hybridized carbons (Fsp3) is 0.143. The topological polar surface area (TPSA) is 86.7 Å². The van der Waals surface area contributed by atoms with Gasteiger partial charge in [-0.25, -0.2) is 8.42 Å². The highest BCUT2D eigenvalue weighted by Crippen LogP contribution is 2.19. The van der Waals surface area contributed by atoms with E-state index in [0.29, 0.717) is 11.3 Å². The van der Waals surface area contributed by atoms with Gasteiger partial charge in [0, 0.05) is 16.5 Å². The van der Waals surface area contributed by atoms with Gasteiger partial charge in [-0.15, -0.1) is 0 Å². The molecule has 0 bridgehead atoms. The molecule has 1 atom stereocenters. The number of benzene rings is 3. The van der Waals surface area contributed by atoms with Crippen molar-refractivity contribution in [1.82, 2.24) is 0 Å². The van der Waals surface area contributed by atoms with E-state index in [0.717, 1.165) is 5.75 Å². The van der Waals surface area contributed by atoms with E-state index in [-0.39, 0.29) is 17.5 Å². The largest absolute Gasteiger partial charge is 0.726 e. The second kappa shape index (κ2) is 10.9. The zero-order valence-corrected chi connectivity index (χ0v) is 17.0. The highest BCUT2D eigenvalue weighted by atomic mass is 32.3. The molecule has 0 heterocycles. The van der Waals surface area contributed by atoms with E-state index in [1.807, 2.05) is 18.2 Å². The number of rotatable bonds is 6. The van der Waals surface area contributed by atoms with Gasteiger partial charge in [0.05, 0.1) is 6.61 Å². The lowest BCUT2D eigenvalue weighted by Crippen LogP contribution is -2.03. The molecule has 0 amide bonds. The van der Waals surface area contributed by atoms with Crippen LogP contribution < -0.4 is 0 Å². The molecule has 28 heavy (non-hydrogen) atoms. The molecular formula is C21H22O5S2. The van der Waals surface area contributed by atoms with Gasteiger partial charge in [-0.05, 0) is 29.8 Å². The average molecular weight is 419 g/mol. The standard InChI is InChI=1S/C14H14OS.C7H8O4S/c1-16(11-12-5-3-2-4-6-12)14-9-7-13(15)8-10-14;8-12(9,10)11-6-7-4-2-1-3-5-7/h2-10H,11H2,1H3;1-5H,6H2,(H,8,9,10). The summed E-state index contributed by atoms with van der Waals surface area (Å²) in [6.07, 6.45) is 2.24. The lowest BCUT2D eigenvalue weighted by molar-refractivity contribution is 0.253. The summed E-state index contributed by atoms with van der Waals surface area (Å²) >= 11 is 0. The number of aromatic hydroxyl groups is 1. The SMILES string of the molecule is C[S+](Cc1ccccc1)c1ccc(O)cc1.O=S(=O)([O-])OCc1ccccc1. The molecule has 3 aromatic carbocycles. The van der Waals surface area contributed by atoms with Crippen molar-refractivity contribution in [2.45, 2.75) is 17.3 Å². The molecule has 0 fully saturated rings. The number of hydrogen-bond acceptors (Lipinski definition) is 5. The van der Waals surface area contributed by atoms with Crippen molar-refractivity contribution in [1.29, 1.82) is 0 Å². The van der Waals surface area contributed by atoms with E-state index >= 15 is 0 Å². The van der Waals surface area contributed by atoms with Crippen LogP contribution in [0.1, 0.15) is 11.1 Å². The van der Waals surface area contributed by atoms with Crippen molar-refractivity contribution in [2.75, 3.05) is 6.26 Å². The van der Waals surface area contributed by atoms with E-state index in [1.165, 1.54) is 10.5 Å². The average Bonchev–Trinajstić information content (AvgIpc) is 2.68. The van der Waals surface area contributed by atoms with E-state index in [2.05, 4.69) is 34.7 Å². The Balaban J connectivity index is 0.000000209. The summed E-state index contributed by atoms with van der Waals surface area (Å²) < 4.78 is 34.1. The van der Waals surface area contributed by atoms with Gasteiger partial charge in [0.1, 0.15) is 17.8 Å². The van der Waals surface area contributed by atoms with Gasteiger partial charge in [-0.2, -0.15) is 0 Å². The van der Waals surface area contributed by atoms with Gasteiger partial charge in [0.15, 0.2) is 4.90 Å². The molecule has 3 aromatic rings. The van der Waals surface area contributed by atoms with Gasteiger partial charge in [0.25, 0.3) is 0 Å². The maximum atomic E-state index is 10.0. The van der Waals surface area contributed by atoms with Crippen LogP contribution in [-0.2, 0) is 37.8 Å². The number of phenolic OH excluding ortho intramolecular Hbond substituents is 1. The molecule has 0 radical (unpaired) electrons. The maximum absolute atomic E-state index is 10.0. The fourth-order valence-corrected chi connectivity index (χ4v) is 4.04. The van der Waals surface area contributed by atoms with E-state index in [4.69, 9.17) is 0 Å². The first-order valence-corrected chi connectivity index (χ1v) is 11.6. The third-order valence-corrected chi connectivity index (χ3v) is 5.93. The second-order valence-corrected chi connectivity index (χ2v) is 9.00. The Hall–Kier alpha value is -2.32. The van der Waals surface area contributed by atoms with Crippen molar-refractivity contribution < 1.29 is 22.3 Å². The minimum Gasteiger partial charge on any atom is -0.726 e. The Morgan fingerprint density at radius 3 is 1.86 bits per heavy atom. The first-order valence-electron chi connectivity index (χ1n) is 8.43. The van der Waals surface area contributed by atoms with Crippen molar-refractivity contribution >= 4 is 21.3 Å².